The van der Waals surface area contributed by atoms with Crippen LogP contribution in [-0.4, -0.2) is 19.1 Å². The van der Waals surface area contributed by atoms with E-state index in [9.17, 15) is 4.79 Å². The Bertz CT molecular complexity index is 860. The normalized spacial score (nSPS) is 10.3. The summed E-state index contributed by atoms with van der Waals surface area (Å²) in [5.41, 5.74) is 2.52. The van der Waals surface area contributed by atoms with E-state index >= 15 is 0 Å². The van der Waals surface area contributed by atoms with Crippen LogP contribution in [0.25, 0.3) is 0 Å². The van der Waals surface area contributed by atoms with Crippen LogP contribution in [0.15, 0.2) is 78.9 Å². The number of nitrogens with one attached hydrogen (secondary N) is 1. The minimum absolute atomic E-state index is 0.167. The average molecular weight is 361 g/mol. The highest BCUT2D eigenvalue weighted by Gasteiger charge is 2.07. The minimum Gasteiger partial charge on any atom is -0.494 e. The minimum atomic E-state index is -0.167. The summed E-state index contributed by atoms with van der Waals surface area (Å²) in [6.45, 7) is 3.11. The van der Waals surface area contributed by atoms with Crippen LogP contribution in [0.1, 0.15) is 22.8 Å². The van der Waals surface area contributed by atoms with Crippen molar-refractivity contribution < 1.29 is 14.3 Å². The van der Waals surface area contributed by atoms with Gasteiger partial charge in [-0.2, -0.15) is 0 Å². The van der Waals surface area contributed by atoms with E-state index in [2.05, 4.69) is 17.4 Å². The molecule has 0 aliphatic carbocycles. The Morgan fingerprint density at radius 3 is 2.37 bits per heavy atom. The molecule has 3 rings (SSSR count). The summed E-state index contributed by atoms with van der Waals surface area (Å²) >= 11 is 0. The molecule has 0 saturated heterocycles. The molecule has 4 nitrogen and oxygen atoms in total. The summed E-state index contributed by atoms with van der Waals surface area (Å²) in [7, 11) is 0. The zero-order valence-corrected chi connectivity index (χ0v) is 15.4. The van der Waals surface area contributed by atoms with Gasteiger partial charge in [0.15, 0.2) is 0 Å². The highest BCUT2D eigenvalue weighted by Crippen LogP contribution is 2.19. The van der Waals surface area contributed by atoms with Crippen molar-refractivity contribution in [2.45, 2.75) is 13.3 Å². The third-order valence-electron chi connectivity index (χ3n) is 4.02. The van der Waals surface area contributed by atoms with Gasteiger partial charge in [0.1, 0.15) is 11.5 Å². The highest BCUT2D eigenvalue weighted by molar-refractivity contribution is 6.04. The third kappa shape index (κ3) is 5.61. The molecular weight excluding hydrogens is 338 g/mol. The molecule has 1 N–H and O–H groups in total. The Morgan fingerprint density at radius 2 is 1.63 bits per heavy atom. The van der Waals surface area contributed by atoms with Gasteiger partial charge in [0.25, 0.3) is 5.91 Å². The lowest BCUT2D eigenvalue weighted by Crippen LogP contribution is -2.12. The molecule has 0 atom stereocenters. The van der Waals surface area contributed by atoms with Crippen molar-refractivity contribution in [3.8, 4) is 11.5 Å². The van der Waals surface area contributed by atoms with Crippen molar-refractivity contribution in [2.24, 2.45) is 0 Å². The molecule has 0 bridgehead atoms. The molecular formula is C23H23NO3. The van der Waals surface area contributed by atoms with E-state index in [1.165, 1.54) is 5.56 Å². The largest absolute Gasteiger partial charge is 0.494 e. The Balaban J connectivity index is 1.53. The van der Waals surface area contributed by atoms with E-state index in [1.54, 1.807) is 12.1 Å². The van der Waals surface area contributed by atoms with Crippen LogP contribution >= 0.6 is 0 Å². The zero-order chi connectivity index (χ0) is 18.9. The monoisotopic (exact) mass is 361 g/mol. The number of amides is 1. The Kier molecular flexibility index (Phi) is 6.47. The molecule has 0 radical (unpaired) electrons. The summed E-state index contributed by atoms with van der Waals surface area (Å²) in [5, 5.41) is 2.88. The lowest BCUT2D eigenvalue weighted by molar-refractivity contribution is 0.102. The molecule has 0 unspecified atom stereocenters. The number of ether oxygens (including phenoxy) is 2. The number of benzene rings is 3. The maximum Gasteiger partial charge on any atom is 0.255 e. The second-order valence-electron chi connectivity index (χ2n) is 6.02. The Morgan fingerprint density at radius 1 is 0.852 bits per heavy atom. The Hall–Kier alpha value is -3.27. The van der Waals surface area contributed by atoms with Crippen molar-refractivity contribution in [2.75, 3.05) is 18.5 Å². The van der Waals surface area contributed by atoms with Gasteiger partial charge >= 0.3 is 0 Å². The highest BCUT2D eigenvalue weighted by atomic mass is 16.5. The first kappa shape index (κ1) is 18.5. The quantitative estimate of drug-likeness (QED) is 0.617. The van der Waals surface area contributed by atoms with E-state index in [0.29, 0.717) is 24.5 Å². The summed E-state index contributed by atoms with van der Waals surface area (Å²) in [6, 6.07) is 24.7. The fourth-order valence-corrected chi connectivity index (χ4v) is 2.67. The predicted molar refractivity (Wildman–Crippen MR) is 108 cm³/mol. The summed E-state index contributed by atoms with van der Waals surface area (Å²) < 4.78 is 11.2. The predicted octanol–water partition coefficient (Wildman–Crippen LogP) is 4.96. The Labute approximate surface area is 159 Å². The smallest absolute Gasteiger partial charge is 0.255 e. The lowest BCUT2D eigenvalue weighted by Gasteiger charge is -2.09. The van der Waals surface area contributed by atoms with E-state index in [0.717, 1.165) is 17.9 Å². The number of carbonyl (C=O) groups excluding carboxylic acids is 1. The molecule has 27 heavy (non-hydrogen) atoms. The number of rotatable bonds is 8. The fourth-order valence-electron chi connectivity index (χ4n) is 2.67. The second-order valence-corrected chi connectivity index (χ2v) is 6.02. The molecule has 0 aliphatic heterocycles. The maximum absolute atomic E-state index is 12.4. The standard InChI is InChI=1S/C23H23NO3/c1-2-26-22-10-6-9-20(17-22)24-23(25)19-11-13-21(14-12-19)27-16-15-18-7-4-3-5-8-18/h3-14,17H,2,15-16H2,1H3,(H,24,25). The van der Waals surface area contributed by atoms with Gasteiger partial charge in [0, 0.05) is 23.7 Å². The molecule has 3 aromatic rings. The summed E-state index contributed by atoms with van der Waals surface area (Å²) in [5.74, 6) is 1.32. The number of hydrogen-bond donors (Lipinski definition) is 1. The molecule has 4 heteroatoms. The third-order valence-corrected chi connectivity index (χ3v) is 4.02. The molecule has 0 heterocycles. The molecule has 138 valence electrons. The topological polar surface area (TPSA) is 47.6 Å². The molecule has 0 fully saturated rings. The van der Waals surface area contributed by atoms with Gasteiger partial charge in [0.05, 0.1) is 13.2 Å². The number of hydrogen-bond acceptors (Lipinski definition) is 3. The van der Waals surface area contributed by atoms with Gasteiger partial charge in [-0.3, -0.25) is 4.79 Å². The number of anilines is 1. The summed E-state index contributed by atoms with van der Waals surface area (Å²) in [6.07, 6.45) is 0.846. The lowest BCUT2D eigenvalue weighted by atomic mass is 10.1. The van der Waals surface area contributed by atoms with E-state index in [-0.39, 0.29) is 5.91 Å². The van der Waals surface area contributed by atoms with Crippen molar-refractivity contribution in [3.05, 3.63) is 90.0 Å². The van der Waals surface area contributed by atoms with E-state index < -0.39 is 0 Å². The van der Waals surface area contributed by atoms with Gasteiger partial charge in [-0.25, -0.2) is 0 Å². The van der Waals surface area contributed by atoms with E-state index in [1.807, 2.05) is 61.5 Å². The number of carbonyl (C=O) groups is 1. The van der Waals surface area contributed by atoms with Crippen LogP contribution in [0.3, 0.4) is 0 Å². The van der Waals surface area contributed by atoms with Crippen molar-refractivity contribution in [1.82, 2.24) is 0 Å². The van der Waals surface area contributed by atoms with Crippen LogP contribution in [0.2, 0.25) is 0 Å². The van der Waals surface area contributed by atoms with Crippen molar-refractivity contribution >= 4 is 11.6 Å². The van der Waals surface area contributed by atoms with Crippen LogP contribution in [-0.2, 0) is 6.42 Å². The van der Waals surface area contributed by atoms with Gasteiger partial charge in [0.2, 0.25) is 0 Å². The first-order chi connectivity index (χ1) is 13.2. The van der Waals surface area contributed by atoms with Gasteiger partial charge in [-0.1, -0.05) is 36.4 Å². The van der Waals surface area contributed by atoms with Gasteiger partial charge in [-0.05, 0) is 48.9 Å². The van der Waals surface area contributed by atoms with Crippen LogP contribution < -0.4 is 14.8 Å². The first-order valence-electron chi connectivity index (χ1n) is 9.05. The molecule has 3 aromatic carbocycles. The van der Waals surface area contributed by atoms with Crippen LogP contribution in [0.5, 0.6) is 11.5 Å². The summed E-state index contributed by atoms with van der Waals surface area (Å²) in [4.78, 5) is 12.4. The zero-order valence-electron chi connectivity index (χ0n) is 15.4. The van der Waals surface area contributed by atoms with Crippen molar-refractivity contribution in [3.63, 3.8) is 0 Å². The average Bonchev–Trinajstić information content (AvgIpc) is 2.70. The maximum atomic E-state index is 12.4. The SMILES string of the molecule is CCOc1cccc(NC(=O)c2ccc(OCCc3ccccc3)cc2)c1. The fraction of sp³-hybridized carbons (Fsp3) is 0.174. The van der Waals surface area contributed by atoms with Gasteiger partial charge in [-0.15, -0.1) is 0 Å². The van der Waals surface area contributed by atoms with Crippen LogP contribution in [0, 0.1) is 0 Å². The second kappa shape index (κ2) is 9.43. The van der Waals surface area contributed by atoms with E-state index in [4.69, 9.17) is 9.47 Å². The van der Waals surface area contributed by atoms with Gasteiger partial charge < -0.3 is 14.8 Å². The molecule has 0 aromatic heterocycles. The molecule has 0 aliphatic rings. The molecule has 1 amide bonds. The molecule has 0 saturated carbocycles. The van der Waals surface area contributed by atoms with Crippen molar-refractivity contribution in [1.29, 1.82) is 0 Å². The van der Waals surface area contributed by atoms with Crippen LogP contribution in [0.4, 0.5) is 5.69 Å². The first-order valence-corrected chi connectivity index (χ1v) is 9.05. The molecule has 0 spiro atoms.